The van der Waals surface area contributed by atoms with Gasteiger partial charge in [0.25, 0.3) is 0 Å². The maximum atomic E-state index is 14.4. The molecule has 0 fully saturated rings. The van der Waals surface area contributed by atoms with Crippen LogP contribution < -0.4 is 4.74 Å². The second-order valence-electron chi connectivity index (χ2n) is 5.92. The van der Waals surface area contributed by atoms with Gasteiger partial charge in [-0.25, -0.2) is 17.6 Å². The number of ether oxygens (including phenoxy) is 1. The second kappa shape index (κ2) is 8.57. The van der Waals surface area contributed by atoms with Gasteiger partial charge in [-0.2, -0.15) is 0 Å². The lowest BCUT2D eigenvalue weighted by molar-refractivity contribution is 0.316. The van der Waals surface area contributed by atoms with Crippen molar-refractivity contribution in [2.45, 2.75) is 13.3 Å². The average Bonchev–Trinajstić information content (AvgIpc) is 2.68. The van der Waals surface area contributed by atoms with E-state index in [0.717, 1.165) is 30.7 Å². The Hall–Kier alpha value is -3.33. The van der Waals surface area contributed by atoms with Crippen LogP contribution in [-0.2, 0) is 0 Å². The van der Waals surface area contributed by atoms with Crippen LogP contribution in [0, 0.1) is 35.1 Å². The summed E-state index contributed by atoms with van der Waals surface area (Å²) in [6.07, 6.45) is 2.34. The van der Waals surface area contributed by atoms with Crippen LogP contribution in [0.4, 0.5) is 17.6 Å². The van der Waals surface area contributed by atoms with Crippen molar-refractivity contribution in [1.82, 2.24) is 4.98 Å². The highest BCUT2D eigenvalue weighted by Crippen LogP contribution is 2.24. The molecule has 0 unspecified atom stereocenters. The van der Waals surface area contributed by atoms with Crippen LogP contribution in [0.2, 0.25) is 0 Å². The molecule has 142 valence electrons. The number of aromatic nitrogens is 1. The largest absolute Gasteiger partial charge is 0.492 e. The van der Waals surface area contributed by atoms with Gasteiger partial charge in [0, 0.05) is 11.1 Å². The Morgan fingerprint density at radius 1 is 0.857 bits per heavy atom. The van der Waals surface area contributed by atoms with Crippen LogP contribution in [0.3, 0.4) is 0 Å². The summed E-state index contributed by atoms with van der Waals surface area (Å²) in [7, 11) is 0. The van der Waals surface area contributed by atoms with Crippen LogP contribution in [0.5, 0.6) is 5.75 Å². The summed E-state index contributed by atoms with van der Waals surface area (Å²) in [5, 5.41) is 0. The van der Waals surface area contributed by atoms with E-state index in [2.05, 4.69) is 16.8 Å². The van der Waals surface area contributed by atoms with Gasteiger partial charge in [0.15, 0.2) is 11.6 Å². The lowest BCUT2D eigenvalue weighted by Gasteiger charge is -2.07. The molecule has 3 rings (SSSR count). The molecule has 0 saturated heterocycles. The van der Waals surface area contributed by atoms with E-state index >= 15 is 0 Å². The van der Waals surface area contributed by atoms with Crippen molar-refractivity contribution < 1.29 is 22.3 Å². The number of nitrogens with zero attached hydrogens (tertiary/aromatic N) is 1. The summed E-state index contributed by atoms with van der Waals surface area (Å²) in [5.74, 6) is 1.47. The Kier molecular flexibility index (Phi) is 5.95. The molecule has 0 bridgehead atoms. The van der Waals surface area contributed by atoms with Crippen molar-refractivity contribution >= 4 is 0 Å². The zero-order chi connectivity index (χ0) is 20.1. The van der Waals surface area contributed by atoms with Gasteiger partial charge in [-0.1, -0.05) is 18.8 Å². The number of rotatable bonds is 4. The summed E-state index contributed by atoms with van der Waals surface area (Å²) < 4.78 is 60.3. The summed E-state index contributed by atoms with van der Waals surface area (Å²) in [6, 6.07) is 8.49. The fourth-order valence-electron chi connectivity index (χ4n) is 2.41. The molecule has 0 spiro atoms. The first-order valence-electron chi connectivity index (χ1n) is 8.53. The minimum absolute atomic E-state index is 0.103. The van der Waals surface area contributed by atoms with E-state index in [1.54, 1.807) is 12.1 Å². The monoisotopic (exact) mass is 385 g/mol. The van der Waals surface area contributed by atoms with Gasteiger partial charge in [-0.05, 0) is 48.9 Å². The standard InChI is InChI=1S/C22H15F4NO/c1-2-9-28-16-5-8-22(27-13-16)15-11-19(24)17(20(25)12-15)6-3-14-4-7-18(23)21(26)10-14/h4-5,7-8,10-13H,2,9H2,1H3. The molecule has 0 saturated carbocycles. The zero-order valence-corrected chi connectivity index (χ0v) is 14.9. The van der Waals surface area contributed by atoms with E-state index in [9.17, 15) is 17.6 Å². The normalized spacial score (nSPS) is 10.3. The van der Waals surface area contributed by atoms with E-state index < -0.39 is 28.8 Å². The van der Waals surface area contributed by atoms with Crippen molar-refractivity contribution in [3.8, 4) is 28.8 Å². The molecule has 0 aliphatic heterocycles. The van der Waals surface area contributed by atoms with Crippen molar-refractivity contribution in [1.29, 1.82) is 0 Å². The molecule has 0 aliphatic rings. The quantitative estimate of drug-likeness (QED) is 0.437. The molecular weight excluding hydrogens is 370 g/mol. The molecule has 0 amide bonds. The van der Waals surface area contributed by atoms with Gasteiger partial charge < -0.3 is 4.74 Å². The van der Waals surface area contributed by atoms with E-state index in [0.29, 0.717) is 18.1 Å². The number of halogens is 4. The highest BCUT2D eigenvalue weighted by atomic mass is 19.2. The Balaban J connectivity index is 1.87. The van der Waals surface area contributed by atoms with Gasteiger partial charge in [-0.3, -0.25) is 4.98 Å². The molecule has 1 heterocycles. The van der Waals surface area contributed by atoms with Gasteiger partial charge in [-0.15, -0.1) is 0 Å². The van der Waals surface area contributed by atoms with Crippen LogP contribution in [-0.4, -0.2) is 11.6 Å². The molecule has 0 N–H and O–H groups in total. The first-order valence-corrected chi connectivity index (χ1v) is 8.53. The number of hydrogen-bond donors (Lipinski definition) is 0. The third kappa shape index (κ3) is 4.49. The Labute approximate surface area is 159 Å². The maximum Gasteiger partial charge on any atom is 0.160 e. The fraction of sp³-hybridized carbons (Fsp3) is 0.136. The first kappa shape index (κ1) is 19.4. The van der Waals surface area contributed by atoms with E-state index in [1.807, 2.05) is 6.92 Å². The van der Waals surface area contributed by atoms with E-state index in [4.69, 9.17) is 4.74 Å². The molecular formula is C22H15F4NO. The van der Waals surface area contributed by atoms with Crippen LogP contribution in [0.1, 0.15) is 24.5 Å². The molecule has 28 heavy (non-hydrogen) atoms. The molecule has 0 aliphatic carbocycles. The van der Waals surface area contributed by atoms with Gasteiger partial charge in [0.2, 0.25) is 0 Å². The van der Waals surface area contributed by atoms with Crippen molar-refractivity contribution in [2.75, 3.05) is 6.61 Å². The Bertz CT molecular complexity index is 1030. The van der Waals surface area contributed by atoms with Crippen molar-refractivity contribution in [3.63, 3.8) is 0 Å². The lowest BCUT2D eigenvalue weighted by atomic mass is 10.1. The fourth-order valence-corrected chi connectivity index (χ4v) is 2.41. The molecule has 1 aromatic heterocycles. The minimum Gasteiger partial charge on any atom is -0.492 e. The molecule has 3 aromatic rings. The summed E-state index contributed by atoms with van der Waals surface area (Å²) in [6.45, 7) is 2.53. The predicted molar refractivity (Wildman–Crippen MR) is 97.7 cm³/mol. The minimum atomic E-state index is -1.08. The summed E-state index contributed by atoms with van der Waals surface area (Å²) in [4.78, 5) is 4.15. The van der Waals surface area contributed by atoms with E-state index in [1.165, 1.54) is 12.3 Å². The molecule has 0 atom stereocenters. The average molecular weight is 385 g/mol. The number of pyridine rings is 1. The van der Waals surface area contributed by atoms with Gasteiger partial charge in [0.1, 0.15) is 17.4 Å². The van der Waals surface area contributed by atoms with Gasteiger partial charge >= 0.3 is 0 Å². The highest BCUT2D eigenvalue weighted by Gasteiger charge is 2.12. The predicted octanol–water partition coefficient (Wildman–Crippen LogP) is 5.49. The molecule has 2 nitrogen and oxygen atoms in total. The number of hydrogen-bond acceptors (Lipinski definition) is 2. The number of benzene rings is 2. The zero-order valence-electron chi connectivity index (χ0n) is 14.9. The molecule has 6 heteroatoms. The molecule has 2 aromatic carbocycles. The van der Waals surface area contributed by atoms with Crippen LogP contribution >= 0.6 is 0 Å². The third-order valence-corrected chi connectivity index (χ3v) is 3.80. The topological polar surface area (TPSA) is 22.1 Å². The van der Waals surface area contributed by atoms with Gasteiger partial charge in [0.05, 0.1) is 24.1 Å². The summed E-state index contributed by atoms with van der Waals surface area (Å²) >= 11 is 0. The van der Waals surface area contributed by atoms with Crippen molar-refractivity contribution in [3.05, 3.63) is 83.1 Å². The maximum absolute atomic E-state index is 14.4. The van der Waals surface area contributed by atoms with Crippen LogP contribution in [0.15, 0.2) is 48.7 Å². The Morgan fingerprint density at radius 2 is 1.61 bits per heavy atom. The van der Waals surface area contributed by atoms with E-state index in [-0.39, 0.29) is 11.1 Å². The van der Waals surface area contributed by atoms with Crippen molar-refractivity contribution in [2.24, 2.45) is 0 Å². The lowest BCUT2D eigenvalue weighted by Crippen LogP contribution is -1.96. The third-order valence-electron chi connectivity index (χ3n) is 3.80. The SMILES string of the molecule is CCCOc1ccc(-c2cc(F)c(C#Cc3ccc(F)c(F)c3)c(F)c2)nc1. The van der Waals surface area contributed by atoms with Crippen LogP contribution in [0.25, 0.3) is 11.3 Å². The summed E-state index contributed by atoms with van der Waals surface area (Å²) in [5.41, 5.74) is 0.264. The highest BCUT2D eigenvalue weighted by molar-refractivity contribution is 5.62. The first-order chi connectivity index (χ1) is 13.5. The smallest absolute Gasteiger partial charge is 0.160 e. The second-order valence-corrected chi connectivity index (χ2v) is 5.92. The Morgan fingerprint density at radius 3 is 2.21 bits per heavy atom. The molecule has 0 radical (unpaired) electrons.